The summed E-state index contributed by atoms with van der Waals surface area (Å²) in [7, 11) is 6.98. The first-order valence-corrected chi connectivity index (χ1v) is 15.0. The van der Waals surface area contributed by atoms with Crippen molar-refractivity contribution >= 4 is 52.6 Å². The molecule has 0 aromatic heterocycles. The summed E-state index contributed by atoms with van der Waals surface area (Å²) in [5.74, 6) is -0.00504. The molecule has 4 aromatic carbocycles. The topological polar surface area (TPSA) is 109 Å². The van der Waals surface area contributed by atoms with Gasteiger partial charge in [-0.05, 0) is 73.2 Å². The van der Waals surface area contributed by atoms with Gasteiger partial charge in [-0.3, -0.25) is 14.4 Å². The lowest BCUT2D eigenvalue weighted by Crippen LogP contribution is -2.30. The molecular formula is C35H36N4O5S. The van der Waals surface area contributed by atoms with Crippen LogP contribution in [0, 0.1) is 0 Å². The summed E-state index contributed by atoms with van der Waals surface area (Å²) >= 11 is 1.34. The standard InChI is InChI=1S/C35H36N4O5S/c1-23(33(40)37-30-19-18-28(43-4)22-32(30)44-5)45-29-13-9-12-26(21-29)36-35(42)31(38-34(41)25-10-7-6-8-11-25)20-24-14-16-27(17-15-24)39(2)3/h6-23H,1-5H3,(H,36,42)(H,37,40)(H,38,41)/b31-20+. The number of hydrogen-bond acceptors (Lipinski definition) is 7. The van der Waals surface area contributed by atoms with E-state index < -0.39 is 17.1 Å². The molecule has 0 radical (unpaired) electrons. The second kappa shape index (κ2) is 15.5. The number of thioether (sulfide) groups is 1. The van der Waals surface area contributed by atoms with Gasteiger partial charge in [-0.2, -0.15) is 0 Å². The summed E-state index contributed by atoms with van der Waals surface area (Å²) in [6.07, 6.45) is 1.63. The number of amides is 3. The summed E-state index contributed by atoms with van der Waals surface area (Å²) in [6, 6.07) is 28.7. The molecule has 0 aliphatic heterocycles. The van der Waals surface area contributed by atoms with E-state index in [0.717, 1.165) is 16.1 Å². The van der Waals surface area contributed by atoms with Crippen LogP contribution in [0.1, 0.15) is 22.8 Å². The van der Waals surface area contributed by atoms with Crippen LogP contribution in [0.5, 0.6) is 11.5 Å². The predicted octanol–water partition coefficient (Wildman–Crippen LogP) is 6.30. The van der Waals surface area contributed by atoms with Crippen molar-refractivity contribution in [3.8, 4) is 11.5 Å². The minimum absolute atomic E-state index is 0.0840. The second-order valence-electron chi connectivity index (χ2n) is 10.2. The molecule has 0 heterocycles. The van der Waals surface area contributed by atoms with Gasteiger partial charge in [0.1, 0.15) is 17.2 Å². The van der Waals surface area contributed by atoms with Gasteiger partial charge >= 0.3 is 0 Å². The van der Waals surface area contributed by atoms with Crippen molar-refractivity contribution in [3.05, 3.63) is 114 Å². The van der Waals surface area contributed by atoms with Gasteiger partial charge in [-0.25, -0.2) is 0 Å². The second-order valence-corrected chi connectivity index (χ2v) is 11.6. The van der Waals surface area contributed by atoms with E-state index in [1.165, 1.54) is 18.9 Å². The molecule has 232 valence electrons. The number of hydrogen-bond donors (Lipinski definition) is 3. The largest absolute Gasteiger partial charge is 0.497 e. The van der Waals surface area contributed by atoms with E-state index in [1.807, 2.05) is 55.4 Å². The Balaban J connectivity index is 1.48. The fourth-order valence-corrected chi connectivity index (χ4v) is 5.14. The zero-order chi connectivity index (χ0) is 32.3. The third-order valence-corrected chi connectivity index (χ3v) is 7.78. The third-order valence-electron chi connectivity index (χ3n) is 6.69. The number of carbonyl (C=O) groups excluding carboxylic acids is 3. The van der Waals surface area contributed by atoms with Gasteiger partial charge in [0.05, 0.1) is 25.2 Å². The van der Waals surface area contributed by atoms with E-state index in [-0.39, 0.29) is 11.6 Å². The molecule has 10 heteroatoms. The maximum Gasteiger partial charge on any atom is 0.272 e. The molecule has 0 saturated carbocycles. The van der Waals surface area contributed by atoms with E-state index in [0.29, 0.717) is 28.4 Å². The number of rotatable bonds is 12. The molecular weight excluding hydrogens is 588 g/mol. The first-order chi connectivity index (χ1) is 21.7. The predicted molar refractivity (Wildman–Crippen MR) is 181 cm³/mol. The van der Waals surface area contributed by atoms with Crippen LogP contribution in [0.2, 0.25) is 0 Å². The number of ether oxygens (including phenoxy) is 2. The van der Waals surface area contributed by atoms with Crippen LogP contribution >= 0.6 is 11.8 Å². The summed E-state index contributed by atoms with van der Waals surface area (Å²) in [4.78, 5) is 42.3. The lowest BCUT2D eigenvalue weighted by atomic mass is 10.1. The van der Waals surface area contributed by atoms with Crippen LogP contribution in [0.3, 0.4) is 0 Å². The van der Waals surface area contributed by atoms with Crippen LogP contribution < -0.4 is 30.3 Å². The van der Waals surface area contributed by atoms with Gasteiger partial charge in [0, 0.05) is 42.0 Å². The van der Waals surface area contributed by atoms with Crippen LogP contribution in [0.4, 0.5) is 17.1 Å². The highest BCUT2D eigenvalue weighted by Crippen LogP contribution is 2.31. The molecule has 45 heavy (non-hydrogen) atoms. The molecule has 4 aromatic rings. The molecule has 0 spiro atoms. The Bertz CT molecular complexity index is 1670. The third kappa shape index (κ3) is 9.14. The lowest BCUT2D eigenvalue weighted by molar-refractivity contribution is -0.115. The smallest absolute Gasteiger partial charge is 0.272 e. The van der Waals surface area contributed by atoms with Gasteiger partial charge in [0.25, 0.3) is 11.8 Å². The van der Waals surface area contributed by atoms with Gasteiger partial charge in [-0.1, -0.05) is 36.4 Å². The lowest BCUT2D eigenvalue weighted by Gasteiger charge is -2.16. The van der Waals surface area contributed by atoms with Crippen molar-refractivity contribution in [3.63, 3.8) is 0 Å². The number of methoxy groups -OCH3 is 2. The van der Waals surface area contributed by atoms with Crippen LogP contribution in [-0.4, -0.2) is 51.3 Å². The fraction of sp³-hybridized carbons (Fsp3) is 0.171. The molecule has 0 fully saturated rings. The highest BCUT2D eigenvalue weighted by molar-refractivity contribution is 8.00. The molecule has 1 unspecified atom stereocenters. The molecule has 3 amide bonds. The quantitative estimate of drug-likeness (QED) is 0.125. The molecule has 3 N–H and O–H groups in total. The van der Waals surface area contributed by atoms with Crippen molar-refractivity contribution in [2.45, 2.75) is 17.1 Å². The molecule has 0 saturated heterocycles. The average Bonchev–Trinajstić information content (AvgIpc) is 3.05. The number of nitrogens with one attached hydrogen (secondary N) is 3. The summed E-state index contributed by atoms with van der Waals surface area (Å²) in [5, 5.41) is 8.08. The Hall–Kier alpha value is -5.22. The van der Waals surface area contributed by atoms with E-state index in [4.69, 9.17) is 9.47 Å². The Morgan fingerprint density at radius 2 is 1.56 bits per heavy atom. The average molecular weight is 625 g/mol. The highest BCUT2D eigenvalue weighted by atomic mass is 32.2. The van der Waals surface area contributed by atoms with E-state index in [1.54, 1.807) is 80.8 Å². The number of nitrogens with zero attached hydrogens (tertiary/aromatic N) is 1. The summed E-state index contributed by atoms with van der Waals surface area (Å²) in [6.45, 7) is 1.79. The summed E-state index contributed by atoms with van der Waals surface area (Å²) < 4.78 is 10.6. The SMILES string of the molecule is COc1ccc(NC(=O)C(C)Sc2cccc(NC(=O)/C(=C\c3ccc(N(C)C)cc3)NC(=O)c3ccccc3)c2)c(OC)c1. The van der Waals surface area contributed by atoms with Crippen molar-refractivity contribution in [1.29, 1.82) is 0 Å². The maximum absolute atomic E-state index is 13.5. The first-order valence-electron chi connectivity index (χ1n) is 14.1. The van der Waals surface area contributed by atoms with Crippen molar-refractivity contribution in [2.75, 3.05) is 43.8 Å². The molecule has 1 atom stereocenters. The van der Waals surface area contributed by atoms with E-state index in [2.05, 4.69) is 16.0 Å². The monoisotopic (exact) mass is 624 g/mol. The molecule has 0 aliphatic carbocycles. The van der Waals surface area contributed by atoms with E-state index in [9.17, 15) is 14.4 Å². The van der Waals surface area contributed by atoms with Crippen molar-refractivity contribution < 1.29 is 23.9 Å². The van der Waals surface area contributed by atoms with Crippen LogP contribution in [0.15, 0.2) is 108 Å². The van der Waals surface area contributed by atoms with E-state index >= 15 is 0 Å². The minimum Gasteiger partial charge on any atom is -0.497 e. The zero-order valence-electron chi connectivity index (χ0n) is 25.8. The van der Waals surface area contributed by atoms with Gasteiger partial charge in [0.15, 0.2) is 0 Å². The minimum atomic E-state index is -0.490. The fourth-order valence-electron chi connectivity index (χ4n) is 4.22. The molecule has 0 aliphatic rings. The highest BCUT2D eigenvalue weighted by Gasteiger charge is 2.19. The van der Waals surface area contributed by atoms with Crippen LogP contribution in [-0.2, 0) is 9.59 Å². The number of benzene rings is 4. The van der Waals surface area contributed by atoms with Gasteiger partial charge in [0.2, 0.25) is 5.91 Å². The Morgan fingerprint density at radius 3 is 2.22 bits per heavy atom. The Morgan fingerprint density at radius 1 is 0.822 bits per heavy atom. The van der Waals surface area contributed by atoms with Gasteiger partial charge in [-0.15, -0.1) is 11.8 Å². The van der Waals surface area contributed by atoms with Crippen molar-refractivity contribution in [2.24, 2.45) is 0 Å². The first kappa shape index (κ1) is 32.7. The van der Waals surface area contributed by atoms with Crippen LogP contribution in [0.25, 0.3) is 6.08 Å². The molecule has 4 rings (SSSR count). The Kier molecular flexibility index (Phi) is 11.3. The van der Waals surface area contributed by atoms with Gasteiger partial charge < -0.3 is 30.3 Å². The summed E-state index contributed by atoms with van der Waals surface area (Å²) in [5.41, 5.74) is 3.31. The number of anilines is 3. The van der Waals surface area contributed by atoms with Crippen molar-refractivity contribution in [1.82, 2.24) is 5.32 Å². The molecule has 0 bridgehead atoms. The molecule has 9 nitrogen and oxygen atoms in total. The zero-order valence-corrected chi connectivity index (χ0v) is 26.6. The Labute approximate surface area is 267 Å². The number of carbonyl (C=O) groups is 3. The maximum atomic E-state index is 13.5. The normalized spacial score (nSPS) is 11.6.